The minimum absolute atomic E-state index is 0.0374. The lowest BCUT2D eigenvalue weighted by atomic mass is 9.98. The Morgan fingerprint density at radius 2 is 1.84 bits per heavy atom. The smallest absolute Gasteiger partial charge is 0.213 e. The lowest BCUT2D eigenvalue weighted by Crippen LogP contribution is -2.18. The first kappa shape index (κ1) is 24.3. The second-order valence-corrected chi connectivity index (χ2v) is 8.08. The van der Waals surface area contributed by atoms with E-state index < -0.39 is 0 Å². The van der Waals surface area contributed by atoms with Gasteiger partial charge >= 0.3 is 0 Å². The number of phenols is 2. The summed E-state index contributed by atoms with van der Waals surface area (Å²) in [7, 11) is 3.81. The molecule has 0 saturated heterocycles. The quantitative estimate of drug-likeness (QED) is 0.374. The number of anilines is 1. The van der Waals surface area contributed by atoms with Crippen LogP contribution in [-0.2, 0) is 0 Å². The maximum absolute atomic E-state index is 9.79. The number of aromatic hydroxyl groups is 2. The lowest BCUT2D eigenvalue weighted by molar-refractivity contribution is 0.414. The Morgan fingerprint density at radius 1 is 1.13 bits per heavy atom. The molecule has 0 amide bonds. The first-order valence-corrected chi connectivity index (χ1v) is 10.6. The average molecular weight is 445 g/mol. The zero-order chi connectivity index (χ0) is 23.1. The number of nitrogens with zero attached hydrogens (tertiary/aromatic N) is 2. The highest BCUT2D eigenvalue weighted by Crippen LogP contribution is 2.36. The molecule has 0 spiro atoms. The minimum atomic E-state index is -0.0374. The number of rotatable bonds is 6. The highest BCUT2D eigenvalue weighted by atomic mass is 32.1. The number of hydrogen-bond acceptors (Lipinski definition) is 6. The fraction of sp³-hybridized carbons (Fsp3) is 0.391. The van der Waals surface area contributed by atoms with Crippen molar-refractivity contribution in [2.45, 2.75) is 40.0 Å². The summed E-state index contributed by atoms with van der Waals surface area (Å²) >= 11 is 4.86. The summed E-state index contributed by atoms with van der Waals surface area (Å²) in [6.07, 6.45) is 1.15. The molecule has 31 heavy (non-hydrogen) atoms. The van der Waals surface area contributed by atoms with Gasteiger partial charge in [0.25, 0.3) is 0 Å². The van der Waals surface area contributed by atoms with Gasteiger partial charge in [0.1, 0.15) is 17.2 Å². The molecule has 0 unspecified atom stereocenters. The zero-order valence-corrected chi connectivity index (χ0v) is 19.8. The number of aromatic nitrogens is 3. The number of aromatic amines is 2. The molecule has 4 N–H and O–H groups in total. The van der Waals surface area contributed by atoms with Crippen LogP contribution in [0.1, 0.15) is 44.2 Å². The van der Waals surface area contributed by atoms with Crippen LogP contribution < -0.4 is 9.64 Å². The second-order valence-electron chi connectivity index (χ2n) is 7.70. The van der Waals surface area contributed by atoms with Gasteiger partial charge in [0.2, 0.25) is 4.77 Å². The van der Waals surface area contributed by atoms with Gasteiger partial charge in [0, 0.05) is 19.7 Å². The fourth-order valence-electron chi connectivity index (χ4n) is 3.20. The topological polar surface area (TPSA) is 97.4 Å². The number of ether oxygens (including phenoxy) is 1. The van der Waals surface area contributed by atoms with Crippen molar-refractivity contribution >= 4 is 17.9 Å². The molecule has 0 aliphatic rings. The van der Waals surface area contributed by atoms with Crippen LogP contribution in [-0.4, -0.2) is 46.1 Å². The van der Waals surface area contributed by atoms with Crippen LogP contribution in [0.2, 0.25) is 0 Å². The number of hydrogen-bond donors (Lipinski definition) is 4. The van der Waals surface area contributed by atoms with Crippen LogP contribution in [0.5, 0.6) is 17.2 Å². The van der Waals surface area contributed by atoms with Crippen molar-refractivity contribution in [3.8, 4) is 28.6 Å². The van der Waals surface area contributed by atoms with Crippen molar-refractivity contribution in [2.24, 2.45) is 0 Å². The van der Waals surface area contributed by atoms with E-state index >= 15 is 0 Å². The number of nitrogens with one attached hydrogen (secondary N) is 2. The number of aryl methyl sites for hydroxylation is 1. The summed E-state index contributed by atoms with van der Waals surface area (Å²) in [5.41, 5.74) is 3.71. The summed E-state index contributed by atoms with van der Waals surface area (Å²) < 4.78 is 5.64. The van der Waals surface area contributed by atoms with Gasteiger partial charge in [-0.15, -0.1) is 0 Å². The largest absolute Gasteiger partial charge is 0.508 e. The van der Waals surface area contributed by atoms with Crippen molar-refractivity contribution in [1.82, 2.24) is 15.2 Å². The van der Waals surface area contributed by atoms with Gasteiger partial charge in [0.05, 0.1) is 18.4 Å². The average Bonchev–Trinajstić information content (AvgIpc) is 3.14. The first-order valence-electron chi connectivity index (χ1n) is 10.2. The molecule has 3 rings (SSSR count). The molecule has 1 aromatic heterocycles. The van der Waals surface area contributed by atoms with Crippen LogP contribution in [0.15, 0.2) is 30.3 Å². The van der Waals surface area contributed by atoms with Crippen molar-refractivity contribution in [3.63, 3.8) is 0 Å². The molecular weight excluding hydrogens is 412 g/mol. The number of phenolic OH excluding ortho intramolecular Hbond substituents is 2. The first-order chi connectivity index (χ1) is 14.7. The monoisotopic (exact) mass is 444 g/mol. The van der Waals surface area contributed by atoms with E-state index in [1.165, 1.54) is 17.3 Å². The summed E-state index contributed by atoms with van der Waals surface area (Å²) in [4.78, 5) is 6.26. The molecule has 0 fully saturated rings. The van der Waals surface area contributed by atoms with Crippen LogP contribution in [0, 0.1) is 11.7 Å². The maximum Gasteiger partial charge on any atom is 0.213 e. The van der Waals surface area contributed by atoms with Gasteiger partial charge in [-0.3, -0.25) is 10.2 Å². The molecule has 2 aromatic carbocycles. The molecule has 168 valence electrons. The Balaban J connectivity index is 0.000000225. The van der Waals surface area contributed by atoms with Crippen molar-refractivity contribution in [3.05, 3.63) is 46.2 Å². The number of H-pyrrole nitrogens is 2. The predicted molar refractivity (Wildman–Crippen MR) is 128 cm³/mol. The lowest BCUT2D eigenvalue weighted by Gasteiger charge is -2.21. The normalized spacial score (nSPS) is 10.5. The molecular formula is C23H32N4O3S. The van der Waals surface area contributed by atoms with Gasteiger partial charge in [0.15, 0.2) is 5.82 Å². The molecule has 1 heterocycles. The van der Waals surface area contributed by atoms with Crippen LogP contribution in [0.25, 0.3) is 11.4 Å². The third-order valence-electron chi connectivity index (χ3n) is 4.83. The minimum Gasteiger partial charge on any atom is -0.508 e. The molecule has 0 atom stereocenters. The molecule has 0 saturated carbocycles. The highest BCUT2D eigenvalue weighted by molar-refractivity contribution is 7.71. The van der Waals surface area contributed by atoms with Crippen LogP contribution in [0.3, 0.4) is 0 Å². The highest BCUT2D eigenvalue weighted by Gasteiger charge is 2.14. The summed E-state index contributed by atoms with van der Waals surface area (Å²) in [6, 6.07) is 9.28. The van der Waals surface area contributed by atoms with E-state index in [4.69, 9.17) is 17.0 Å². The molecule has 3 aromatic rings. The summed E-state index contributed by atoms with van der Waals surface area (Å²) in [5, 5.41) is 24.9. The predicted octanol–water partition coefficient (Wildman–Crippen LogP) is 5.52. The molecule has 8 heteroatoms. The Bertz CT molecular complexity index is 1060. The molecule has 0 aliphatic carbocycles. The Hall–Kier alpha value is -3.00. The van der Waals surface area contributed by atoms with Crippen molar-refractivity contribution in [2.75, 3.05) is 25.6 Å². The Kier molecular flexibility index (Phi) is 8.50. The maximum atomic E-state index is 9.79. The molecule has 0 bridgehead atoms. The van der Waals surface area contributed by atoms with Gasteiger partial charge in [-0.25, -0.2) is 0 Å². The van der Waals surface area contributed by atoms with Gasteiger partial charge in [-0.05, 0) is 60.8 Å². The molecule has 0 radical (unpaired) electrons. The third kappa shape index (κ3) is 6.24. The van der Waals surface area contributed by atoms with Gasteiger partial charge < -0.3 is 19.8 Å². The number of methoxy groups -OCH3 is 1. The second kappa shape index (κ2) is 10.9. The third-order valence-corrected chi connectivity index (χ3v) is 5.02. The van der Waals surface area contributed by atoms with E-state index in [0.717, 1.165) is 24.3 Å². The van der Waals surface area contributed by atoms with E-state index in [9.17, 15) is 10.2 Å². The van der Waals surface area contributed by atoms with Gasteiger partial charge in [-0.1, -0.05) is 26.8 Å². The van der Waals surface area contributed by atoms with E-state index in [1.54, 1.807) is 13.2 Å². The van der Waals surface area contributed by atoms with E-state index in [0.29, 0.717) is 16.2 Å². The Morgan fingerprint density at radius 3 is 2.39 bits per heavy atom. The standard InChI is InChI=1S/C12H19NO.C11H13N3O2S/c1-5-8-13(3)11-9-10(2)6-7-12(11)14-4;1-5(2)6-3-7(9(16)4-8(6)15)10-12-11(17)14-13-10/h6-7,9H,5,8H2,1-4H3;3-5,15-16H,1-2H3,(H2,12,13,14,17). The van der Waals surface area contributed by atoms with E-state index in [-0.39, 0.29) is 17.4 Å². The van der Waals surface area contributed by atoms with Crippen molar-refractivity contribution < 1.29 is 14.9 Å². The van der Waals surface area contributed by atoms with Crippen LogP contribution >= 0.6 is 12.2 Å². The van der Waals surface area contributed by atoms with E-state index in [2.05, 4.69) is 53.1 Å². The van der Waals surface area contributed by atoms with E-state index in [1.807, 2.05) is 19.9 Å². The SMILES string of the molecule is CC(C)c1cc(-c2nc(=S)[nH][nH]2)c(O)cc1O.CCCN(C)c1cc(C)ccc1OC. The zero-order valence-electron chi connectivity index (χ0n) is 19.0. The summed E-state index contributed by atoms with van der Waals surface area (Å²) in [6.45, 7) is 9.26. The Labute approximate surface area is 188 Å². The van der Waals surface area contributed by atoms with Gasteiger partial charge in [-0.2, -0.15) is 4.98 Å². The van der Waals surface area contributed by atoms with Crippen molar-refractivity contribution in [1.29, 1.82) is 0 Å². The van der Waals surface area contributed by atoms with Crippen LogP contribution in [0.4, 0.5) is 5.69 Å². The summed E-state index contributed by atoms with van der Waals surface area (Å²) in [5.74, 6) is 1.59. The molecule has 0 aliphatic heterocycles. The molecule has 7 nitrogen and oxygen atoms in total. The fourth-order valence-corrected chi connectivity index (χ4v) is 3.34. The number of benzene rings is 2.